The van der Waals surface area contributed by atoms with Gasteiger partial charge in [0.2, 0.25) is 0 Å². The van der Waals surface area contributed by atoms with E-state index >= 15 is 0 Å². The molecule has 0 spiro atoms. The molecule has 0 saturated heterocycles. The van der Waals surface area contributed by atoms with Gasteiger partial charge in [-0.3, -0.25) is 0 Å². The van der Waals surface area contributed by atoms with Crippen molar-refractivity contribution in [1.82, 2.24) is 0 Å². The fraction of sp³-hybridized carbons (Fsp3) is 0.400. The average Bonchev–Trinajstić information content (AvgIpc) is 2.76. The van der Waals surface area contributed by atoms with Crippen LogP contribution < -0.4 is 0 Å². The van der Waals surface area contributed by atoms with Gasteiger partial charge in [-0.15, -0.1) is 0 Å². The van der Waals surface area contributed by atoms with Crippen molar-refractivity contribution in [3.8, 4) is 0 Å². The molecule has 0 heterocycles. The van der Waals surface area contributed by atoms with Crippen molar-refractivity contribution in [2.45, 2.75) is 12.8 Å². The molecule has 0 atom stereocenters. The maximum atomic E-state index is 10.6. The van der Waals surface area contributed by atoms with Crippen LogP contribution in [-0.2, 0) is 28.7 Å². The zero-order valence-electron chi connectivity index (χ0n) is 17.5. The summed E-state index contributed by atoms with van der Waals surface area (Å²) in [5.74, 6) is 0.442. The summed E-state index contributed by atoms with van der Waals surface area (Å²) >= 11 is 0. The van der Waals surface area contributed by atoms with Crippen LogP contribution >= 0.6 is 43.2 Å². The van der Waals surface area contributed by atoms with Crippen molar-refractivity contribution in [3.05, 3.63) is 49.6 Å². The van der Waals surface area contributed by atoms with E-state index in [0.717, 1.165) is 48.7 Å². The predicted molar refractivity (Wildman–Crippen MR) is 135 cm³/mol. The maximum Gasteiger partial charge on any atom is 0.330 e. The Morgan fingerprint density at radius 2 is 1.00 bits per heavy atom. The summed E-state index contributed by atoms with van der Waals surface area (Å²) in [7, 11) is 6.42. The summed E-state index contributed by atoms with van der Waals surface area (Å²) in [6.07, 6.45) is 9.26. The summed E-state index contributed by atoms with van der Waals surface area (Å²) in [6, 6.07) is 0. The molecule has 0 aromatic heterocycles. The quantitative estimate of drug-likeness (QED) is 0.115. The zero-order chi connectivity index (χ0) is 24.5. The lowest BCUT2D eigenvalue weighted by Crippen LogP contribution is -2.04. The van der Waals surface area contributed by atoms with Crippen molar-refractivity contribution in [1.29, 1.82) is 0 Å². The Hall–Kier alpha value is -1.76. The number of hydrogen-bond donors (Lipinski definition) is 2. The molecule has 0 aliphatic carbocycles. The molecule has 0 radical (unpaired) electrons. The zero-order valence-corrected chi connectivity index (χ0v) is 20.8. The maximum absolute atomic E-state index is 10.6. The van der Waals surface area contributed by atoms with Crippen LogP contribution in [0.2, 0.25) is 0 Å². The standard InChI is InChI=1S/2C10H14O4S2/c1-3-9(11)13-5-7-15-16-8-6-14-10(12)4-2;11-9(12)5-1-3-7-15-16-8-4-2-6-10(13)14/h3-4H,1-2,5-8H2;1-2,5-6H,3-4,7-8H2,(H,11,12)(H,13,14). The first-order valence-corrected chi connectivity index (χ1v) is 14.2. The summed E-state index contributed by atoms with van der Waals surface area (Å²) in [6.45, 7) is 7.28. The van der Waals surface area contributed by atoms with Crippen LogP contribution in [0.15, 0.2) is 49.6 Å². The van der Waals surface area contributed by atoms with Crippen molar-refractivity contribution < 1.29 is 38.9 Å². The smallest absolute Gasteiger partial charge is 0.330 e. The molecule has 32 heavy (non-hydrogen) atoms. The van der Waals surface area contributed by atoms with Gasteiger partial charge in [0, 0.05) is 47.3 Å². The number of carbonyl (C=O) groups excluding carboxylic acids is 2. The lowest BCUT2D eigenvalue weighted by atomic mass is 10.4. The second kappa shape index (κ2) is 25.5. The first-order valence-electron chi connectivity index (χ1n) is 9.19. The molecule has 0 rings (SSSR count). The van der Waals surface area contributed by atoms with E-state index in [1.807, 2.05) is 0 Å². The van der Waals surface area contributed by atoms with Gasteiger partial charge in [0.05, 0.1) is 0 Å². The molecule has 12 heteroatoms. The highest BCUT2D eigenvalue weighted by atomic mass is 33.1. The molecule has 0 saturated carbocycles. The number of carbonyl (C=O) groups is 4. The van der Waals surface area contributed by atoms with Crippen LogP contribution in [0, 0.1) is 0 Å². The average molecular weight is 525 g/mol. The van der Waals surface area contributed by atoms with Gasteiger partial charge in [0.1, 0.15) is 13.2 Å². The van der Waals surface area contributed by atoms with E-state index in [4.69, 9.17) is 19.7 Å². The number of carboxylic acid groups (broad SMARTS) is 2. The van der Waals surface area contributed by atoms with E-state index in [-0.39, 0.29) is 0 Å². The van der Waals surface area contributed by atoms with E-state index in [2.05, 4.69) is 13.2 Å². The Kier molecular flexibility index (Phi) is 25.8. The SMILES string of the molecule is C=CC(=O)OCCSSCCOC(=O)C=C.O=C(O)C=CCCSSCCC=CC(=O)O. The molecular formula is C20H28O8S4. The van der Waals surface area contributed by atoms with Gasteiger partial charge in [0.15, 0.2) is 0 Å². The number of carboxylic acids is 2. The minimum atomic E-state index is -0.920. The fourth-order valence-electron chi connectivity index (χ4n) is 1.31. The molecule has 2 N–H and O–H groups in total. The Bertz CT molecular complexity index is 581. The summed E-state index contributed by atoms with van der Waals surface area (Å²) in [5.41, 5.74) is 0. The molecule has 0 aliphatic rings. The van der Waals surface area contributed by atoms with Gasteiger partial charge in [-0.2, -0.15) is 0 Å². The molecule has 0 aromatic rings. The molecule has 0 amide bonds. The van der Waals surface area contributed by atoms with Gasteiger partial charge in [0.25, 0.3) is 0 Å². The molecule has 0 unspecified atom stereocenters. The number of rotatable bonds is 18. The van der Waals surface area contributed by atoms with E-state index in [0.29, 0.717) is 24.7 Å². The van der Waals surface area contributed by atoms with Gasteiger partial charge in [-0.1, -0.05) is 68.5 Å². The molecular weight excluding hydrogens is 496 g/mol. The summed E-state index contributed by atoms with van der Waals surface area (Å²) in [5, 5.41) is 16.6. The molecule has 0 fully saturated rings. The second-order valence-corrected chi connectivity index (χ2v) is 10.5. The van der Waals surface area contributed by atoms with E-state index in [9.17, 15) is 19.2 Å². The first-order chi connectivity index (χ1) is 15.3. The topological polar surface area (TPSA) is 127 Å². The summed E-state index contributed by atoms with van der Waals surface area (Å²) in [4.78, 5) is 41.5. The predicted octanol–water partition coefficient (Wildman–Crippen LogP) is 4.26. The highest BCUT2D eigenvalue weighted by Gasteiger charge is 1.97. The molecule has 0 aliphatic heterocycles. The van der Waals surface area contributed by atoms with Crippen molar-refractivity contribution in [2.75, 3.05) is 36.2 Å². The van der Waals surface area contributed by atoms with Gasteiger partial charge in [-0.05, 0) is 12.8 Å². The van der Waals surface area contributed by atoms with Crippen molar-refractivity contribution >= 4 is 67.1 Å². The third-order valence-electron chi connectivity index (χ3n) is 2.58. The second-order valence-electron chi connectivity index (χ2n) is 5.09. The first kappa shape index (κ1) is 32.4. The van der Waals surface area contributed by atoms with Gasteiger partial charge in [-0.25, -0.2) is 19.2 Å². The lowest BCUT2D eigenvalue weighted by Gasteiger charge is -2.02. The Morgan fingerprint density at radius 1 is 0.656 bits per heavy atom. The summed E-state index contributed by atoms with van der Waals surface area (Å²) < 4.78 is 9.53. The molecule has 0 aromatic carbocycles. The number of allylic oxidation sites excluding steroid dienone is 2. The number of hydrogen-bond acceptors (Lipinski definition) is 10. The van der Waals surface area contributed by atoms with Crippen LogP contribution in [0.3, 0.4) is 0 Å². The van der Waals surface area contributed by atoms with Crippen molar-refractivity contribution in [3.63, 3.8) is 0 Å². The van der Waals surface area contributed by atoms with Crippen LogP contribution in [0.4, 0.5) is 0 Å². The van der Waals surface area contributed by atoms with Crippen LogP contribution in [-0.4, -0.2) is 70.3 Å². The van der Waals surface area contributed by atoms with Crippen LogP contribution in [0.1, 0.15) is 12.8 Å². The monoisotopic (exact) mass is 524 g/mol. The van der Waals surface area contributed by atoms with Gasteiger partial charge < -0.3 is 19.7 Å². The highest BCUT2D eigenvalue weighted by Crippen LogP contribution is 2.22. The highest BCUT2D eigenvalue weighted by molar-refractivity contribution is 8.77. The number of aliphatic carboxylic acids is 2. The minimum Gasteiger partial charge on any atom is -0.478 e. The van der Waals surface area contributed by atoms with E-state index < -0.39 is 23.9 Å². The third kappa shape index (κ3) is 30.4. The molecule has 180 valence electrons. The van der Waals surface area contributed by atoms with Crippen molar-refractivity contribution in [2.24, 2.45) is 0 Å². The third-order valence-corrected chi connectivity index (χ3v) is 7.38. The fourth-order valence-corrected chi connectivity index (χ4v) is 4.95. The van der Waals surface area contributed by atoms with E-state index in [1.165, 1.54) is 0 Å². The molecule has 0 bridgehead atoms. The normalized spacial score (nSPS) is 10.2. The Morgan fingerprint density at radius 3 is 1.31 bits per heavy atom. The number of ether oxygens (including phenoxy) is 2. The largest absolute Gasteiger partial charge is 0.478 e. The minimum absolute atomic E-state index is 0.356. The number of esters is 2. The molecule has 8 nitrogen and oxygen atoms in total. The Labute approximate surface area is 204 Å². The van der Waals surface area contributed by atoms with Crippen LogP contribution in [0.25, 0.3) is 0 Å². The van der Waals surface area contributed by atoms with E-state index in [1.54, 1.807) is 55.3 Å². The Balaban J connectivity index is 0. The lowest BCUT2D eigenvalue weighted by molar-refractivity contribution is -0.138. The van der Waals surface area contributed by atoms with Crippen LogP contribution in [0.5, 0.6) is 0 Å². The van der Waals surface area contributed by atoms with Gasteiger partial charge >= 0.3 is 23.9 Å².